The summed E-state index contributed by atoms with van der Waals surface area (Å²) in [7, 11) is 0. The van der Waals surface area contributed by atoms with Crippen molar-refractivity contribution in [3.8, 4) is 0 Å². The number of hydrogen-bond acceptors (Lipinski definition) is 4. The number of nitrogens with one attached hydrogen (secondary N) is 1. The molecule has 4 heteroatoms. The highest BCUT2D eigenvalue weighted by molar-refractivity contribution is 4.83. The molecule has 0 spiro atoms. The highest BCUT2D eigenvalue weighted by Gasteiger charge is 2.26. The normalized spacial score (nSPS) is 27.6. The van der Waals surface area contributed by atoms with E-state index in [0.29, 0.717) is 25.1 Å². The van der Waals surface area contributed by atoms with E-state index in [1.54, 1.807) is 0 Å². The second-order valence-electron chi connectivity index (χ2n) is 4.92. The minimum absolute atomic E-state index is 0.159. The number of rotatable bonds is 7. The third kappa shape index (κ3) is 4.78. The quantitative estimate of drug-likeness (QED) is 0.598. The molecule has 0 aromatic rings. The first-order valence-corrected chi connectivity index (χ1v) is 6.27. The number of aliphatic hydroxyl groups excluding tert-OH is 2. The molecule has 1 fully saturated rings. The molecule has 0 aliphatic heterocycles. The molecule has 1 aliphatic carbocycles. The number of aliphatic hydroxyl groups is 2. The zero-order valence-corrected chi connectivity index (χ0v) is 10.4. The molecule has 0 radical (unpaired) electrons. The van der Waals surface area contributed by atoms with Gasteiger partial charge in [0, 0.05) is 19.2 Å². The molecular formula is C12H25NO3. The minimum Gasteiger partial charge on any atom is -0.396 e. The van der Waals surface area contributed by atoms with Gasteiger partial charge in [-0.1, -0.05) is 6.42 Å². The summed E-state index contributed by atoms with van der Waals surface area (Å²) in [6.45, 7) is 5.09. The lowest BCUT2D eigenvalue weighted by molar-refractivity contribution is 0.00469. The summed E-state index contributed by atoms with van der Waals surface area (Å²) >= 11 is 0. The van der Waals surface area contributed by atoms with Gasteiger partial charge in [-0.05, 0) is 32.6 Å². The minimum atomic E-state index is -0.456. The van der Waals surface area contributed by atoms with Crippen molar-refractivity contribution in [1.82, 2.24) is 5.32 Å². The molecular weight excluding hydrogens is 206 g/mol. The van der Waals surface area contributed by atoms with Gasteiger partial charge in [-0.25, -0.2) is 0 Å². The SMILES string of the molecule is CC(C)OCC(O)CNC1CCCC1CO. The van der Waals surface area contributed by atoms with Crippen LogP contribution in [-0.4, -0.2) is 48.2 Å². The fourth-order valence-electron chi connectivity index (χ4n) is 2.17. The van der Waals surface area contributed by atoms with Crippen molar-refractivity contribution < 1.29 is 14.9 Å². The highest BCUT2D eigenvalue weighted by atomic mass is 16.5. The first-order valence-electron chi connectivity index (χ1n) is 6.27. The molecule has 0 heterocycles. The van der Waals surface area contributed by atoms with E-state index in [9.17, 15) is 5.11 Å². The van der Waals surface area contributed by atoms with E-state index in [-0.39, 0.29) is 12.7 Å². The molecule has 96 valence electrons. The Labute approximate surface area is 98.0 Å². The summed E-state index contributed by atoms with van der Waals surface area (Å²) in [6.07, 6.45) is 3.06. The largest absolute Gasteiger partial charge is 0.396 e. The summed E-state index contributed by atoms with van der Waals surface area (Å²) in [6, 6.07) is 0.360. The molecule has 1 aliphatic rings. The maximum absolute atomic E-state index is 9.67. The molecule has 3 unspecified atom stereocenters. The lowest BCUT2D eigenvalue weighted by atomic mass is 10.1. The maximum atomic E-state index is 9.67. The first-order chi connectivity index (χ1) is 7.63. The summed E-state index contributed by atoms with van der Waals surface area (Å²) in [5.41, 5.74) is 0. The topological polar surface area (TPSA) is 61.7 Å². The van der Waals surface area contributed by atoms with E-state index in [0.717, 1.165) is 12.8 Å². The average molecular weight is 231 g/mol. The Hall–Kier alpha value is -0.160. The molecule has 0 aromatic carbocycles. The Morgan fingerprint density at radius 1 is 1.38 bits per heavy atom. The van der Waals surface area contributed by atoms with Crippen molar-refractivity contribution in [2.45, 2.75) is 51.4 Å². The van der Waals surface area contributed by atoms with Gasteiger partial charge in [0.2, 0.25) is 0 Å². The van der Waals surface area contributed by atoms with E-state index in [2.05, 4.69) is 5.32 Å². The van der Waals surface area contributed by atoms with E-state index in [4.69, 9.17) is 9.84 Å². The van der Waals surface area contributed by atoms with Crippen LogP contribution in [0.25, 0.3) is 0 Å². The van der Waals surface area contributed by atoms with Crippen LogP contribution in [0.5, 0.6) is 0 Å². The van der Waals surface area contributed by atoms with Crippen molar-refractivity contribution in [1.29, 1.82) is 0 Å². The third-order valence-electron chi connectivity index (χ3n) is 3.13. The Bertz CT molecular complexity index is 187. The van der Waals surface area contributed by atoms with Crippen LogP contribution < -0.4 is 5.32 Å². The van der Waals surface area contributed by atoms with Crippen molar-refractivity contribution in [3.63, 3.8) is 0 Å². The van der Waals surface area contributed by atoms with Crippen molar-refractivity contribution in [3.05, 3.63) is 0 Å². The molecule has 3 N–H and O–H groups in total. The standard InChI is InChI=1S/C12H25NO3/c1-9(2)16-8-11(15)6-13-12-5-3-4-10(12)7-14/h9-15H,3-8H2,1-2H3. The van der Waals surface area contributed by atoms with Crippen molar-refractivity contribution in [2.24, 2.45) is 5.92 Å². The summed E-state index contributed by atoms with van der Waals surface area (Å²) in [5, 5.41) is 22.1. The third-order valence-corrected chi connectivity index (χ3v) is 3.13. The Balaban J connectivity index is 2.13. The van der Waals surface area contributed by atoms with Gasteiger partial charge < -0.3 is 20.3 Å². The van der Waals surface area contributed by atoms with Crippen LogP contribution in [0.3, 0.4) is 0 Å². The maximum Gasteiger partial charge on any atom is 0.0897 e. The van der Waals surface area contributed by atoms with Crippen LogP contribution in [0.1, 0.15) is 33.1 Å². The van der Waals surface area contributed by atoms with E-state index < -0.39 is 6.10 Å². The molecule has 0 aromatic heterocycles. The smallest absolute Gasteiger partial charge is 0.0897 e. The molecule has 4 nitrogen and oxygen atoms in total. The first kappa shape index (κ1) is 13.9. The second-order valence-corrected chi connectivity index (χ2v) is 4.92. The van der Waals surface area contributed by atoms with Gasteiger partial charge in [0.05, 0.1) is 18.8 Å². The summed E-state index contributed by atoms with van der Waals surface area (Å²) in [4.78, 5) is 0. The van der Waals surface area contributed by atoms with E-state index in [1.807, 2.05) is 13.8 Å². The molecule has 0 bridgehead atoms. The summed E-state index contributed by atoms with van der Waals surface area (Å²) in [5.74, 6) is 0.359. The zero-order valence-electron chi connectivity index (χ0n) is 10.4. The van der Waals surface area contributed by atoms with Crippen LogP contribution in [0.4, 0.5) is 0 Å². The molecule has 1 saturated carbocycles. The average Bonchev–Trinajstić information content (AvgIpc) is 2.70. The molecule has 0 saturated heterocycles. The van der Waals surface area contributed by atoms with Gasteiger partial charge in [-0.15, -0.1) is 0 Å². The van der Waals surface area contributed by atoms with Crippen LogP contribution in [-0.2, 0) is 4.74 Å². The van der Waals surface area contributed by atoms with Crippen molar-refractivity contribution in [2.75, 3.05) is 19.8 Å². The molecule has 0 amide bonds. The van der Waals surface area contributed by atoms with Crippen LogP contribution in [0, 0.1) is 5.92 Å². The van der Waals surface area contributed by atoms with Crippen LogP contribution in [0.15, 0.2) is 0 Å². The summed E-state index contributed by atoms with van der Waals surface area (Å²) < 4.78 is 5.33. The predicted molar refractivity (Wildman–Crippen MR) is 63.3 cm³/mol. The molecule has 3 atom stereocenters. The van der Waals surface area contributed by atoms with Gasteiger partial charge >= 0.3 is 0 Å². The fourth-order valence-corrected chi connectivity index (χ4v) is 2.17. The fraction of sp³-hybridized carbons (Fsp3) is 1.00. The Morgan fingerprint density at radius 3 is 2.75 bits per heavy atom. The lowest BCUT2D eigenvalue weighted by Gasteiger charge is -2.21. The molecule has 1 rings (SSSR count). The van der Waals surface area contributed by atoms with Gasteiger partial charge in [-0.2, -0.15) is 0 Å². The van der Waals surface area contributed by atoms with Gasteiger partial charge in [0.25, 0.3) is 0 Å². The van der Waals surface area contributed by atoms with E-state index in [1.165, 1.54) is 6.42 Å². The number of ether oxygens (including phenoxy) is 1. The molecule has 16 heavy (non-hydrogen) atoms. The highest BCUT2D eigenvalue weighted by Crippen LogP contribution is 2.24. The van der Waals surface area contributed by atoms with Crippen LogP contribution in [0.2, 0.25) is 0 Å². The zero-order chi connectivity index (χ0) is 12.0. The number of hydrogen-bond donors (Lipinski definition) is 3. The predicted octanol–water partition coefficient (Wildman–Crippen LogP) is 0.523. The second kappa shape index (κ2) is 7.22. The van der Waals surface area contributed by atoms with Gasteiger partial charge in [0.1, 0.15) is 0 Å². The Kier molecular flexibility index (Phi) is 6.28. The van der Waals surface area contributed by atoms with Crippen molar-refractivity contribution >= 4 is 0 Å². The Morgan fingerprint density at radius 2 is 2.12 bits per heavy atom. The van der Waals surface area contributed by atoms with E-state index >= 15 is 0 Å². The monoisotopic (exact) mass is 231 g/mol. The van der Waals surface area contributed by atoms with Crippen LogP contribution >= 0.6 is 0 Å². The van der Waals surface area contributed by atoms with Gasteiger partial charge in [0.15, 0.2) is 0 Å². The lowest BCUT2D eigenvalue weighted by Crippen LogP contribution is -2.40. The van der Waals surface area contributed by atoms with Gasteiger partial charge in [-0.3, -0.25) is 0 Å².